The highest BCUT2D eigenvalue weighted by Gasteiger charge is 2.41. The molecule has 8 heteroatoms. The molecule has 0 aliphatic carbocycles. The SMILES string of the molecule is CCCCCCCC/C=C\CCCCCCCC(=O)O[C@H](C1OCCO1)[C@@H](O)[C@H](O)[C@H](O)CO. The van der Waals surface area contributed by atoms with Gasteiger partial charge in [-0.15, -0.1) is 0 Å². The van der Waals surface area contributed by atoms with Gasteiger partial charge in [-0.25, -0.2) is 0 Å². The third kappa shape index (κ3) is 13.8. The summed E-state index contributed by atoms with van der Waals surface area (Å²) in [5, 5.41) is 38.9. The number of aliphatic hydroxyl groups is 4. The highest BCUT2D eigenvalue weighted by molar-refractivity contribution is 5.69. The van der Waals surface area contributed by atoms with E-state index in [-0.39, 0.29) is 19.6 Å². The van der Waals surface area contributed by atoms with Crippen LogP contribution >= 0.6 is 0 Å². The Labute approximate surface area is 205 Å². The zero-order valence-electron chi connectivity index (χ0n) is 21.0. The maximum absolute atomic E-state index is 12.3. The van der Waals surface area contributed by atoms with Crippen molar-refractivity contribution in [2.75, 3.05) is 19.8 Å². The van der Waals surface area contributed by atoms with E-state index in [0.29, 0.717) is 6.42 Å². The van der Waals surface area contributed by atoms with Gasteiger partial charge >= 0.3 is 5.97 Å². The molecule has 0 aromatic carbocycles. The van der Waals surface area contributed by atoms with Gasteiger partial charge in [-0.2, -0.15) is 0 Å². The molecule has 200 valence electrons. The number of allylic oxidation sites excluding steroid dienone is 2. The Kier molecular flexibility index (Phi) is 18.4. The van der Waals surface area contributed by atoms with Gasteiger partial charge in [-0.3, -0.25) is 4.79 Å². The van der Waals surface area contributed by atoms with E-state index in [0.717, 1.165) is 32.1 Å². The van der Waals surface area contributed by atoms with Crippen LogP contribution in [-0.4, -0.2) is 76.9 Å². The van der Waals surface area contributed by atoms with E-state index in [1.54, 1.807) is 0 Å². The molecule has 0 spiro atoms. The summed E-state index contributed by atoms with van der Waals surface area (Å²) in [5.41, 5.74) is 0. The molecule has 0 radical (unpaired) electrons. The van der Waals surface area contributed by atoms with Crippen LogP contribution in [-0.2, 0) is 19.0 Å². The van der Waals surface area contributed by atoms with Crippen molar-refractivity contribution in [3.8, 4) is 0 Å². The second-order valence-corrected chi connectivity index (χ2v) is 9.13. The highest BCUT2D eigenvalue weighted by atomic mass is 16.7. The van der Waals surface area contributed by atoms with Crippen LogP contribution in [0.2, 0.25) is 0 Å². The van der Waals surface area contributed by atoms with E-state index >= 15 is 0 Å². The molecule has 1 rings (SSSR count). The molecule has 0 bridgehead atoms. The molecule has 1 heterocycles. The number of ether oxygens (including phenoxy) is 3. The van der Waals surface area contributed by atoms with Gasteiger partial charge in [-0.1, -0.05) is 70.4 Å². The predicted octanol–water partition coefficient (Wildman–Crippen LogP) is 3.38. The highest BCUT2D eigenvalue weighted by Crippen LogP contribution is 2.20. The second kappa shape index (κ2) is 20.2. The molecule has 1 saturated heterocycles. The monoisotopic (exact) mass is 488 g/mol. The summed E-state index contributed by atoms with van der Waals surface area (Å²) in [5.74, 6) is -0.522. The quantitative estimate of drug-likeness (QED) is 0.110. The molecular formula is C26H48O8. The van der Waals surface area contributed by atoms with Crippen LogP contribution < -0.4 is 0 Å². The van der Waals surface area contributed by atoms with Crippen LogP contribution in [0.5, 0.6) is 0 Å². The van der Waals surface area contributed by atoms with E-state index in [2.05, 4.69) is 19.1 Å². The number of hydrogen-bond acceptors (Lipinski definition) is 8. The lowest BCUT2D eigenvalue weighted by atomic mass is 10.0. The van der Waals surface area contributed by atoms with E-state index < -0.39 is 43.3 Å². The Bertz CT molecular complexity index is 521. The Hall–Kier alpha value is -1.03. The van der Waals surface area contributed by atoms with Gasteiger partial charge in [0.05, 0.1) is 19.8 Å². The summed E-state index contributed by atoms with van der Waals surface area (Å²) >= 11 is 0. The third-order valence-corrected chi connectivity index (χ3v) is 6.09. The van der Waals surface area contributed by atoms with Crippen LogP contribution in [0.25, 0.3) is 0 Å². The standard InChI is InChI=1S/C26H48O8/c1-2-3-4-5-6-7-8-9-10-11-12-13-14-15-16-17-22(29)34-25(26-32-18-19-33-26)24(31)23(30)21(28)20-27/h9-10,21,23-28,30-31H,2-8,11-20H2,1H3/b10-9-/t21-,23-,24+,25+/m1/s1. The number of aliphatic hydroxyl groups excluding tert-OH is 4. The zero-order chi connectivity index (χ0) is 25.0. The summed E-state index contributed by atoms with van der Waals surface area (Å²) in [7, 11) is 0. The molecule has 0 aromatic rings. The van der Waals surface area contributed by atoms with Crippen LogP contribution in [0.3, 0.4) is 0 Å². The average molecular weight is 489 g/mol. The molecule has 4 atom stereocenters. The largest absolute Gasteiger partial charge is 0.454 e. The number of hydrogen-bond donors (Lipinski definition) is 4. The Morgan fingerprint density at radius 1 is 0.853 bits per heavy atom. The summed E-state index contributed by atoms with van der Waals surface area (Å²) in [4.78, 5) is 12.3. The maximum atomic E-state index is 12.3. The van der Waals surface area contributed by atoms with E-state index in [9.17, 15) is 20.1 Å². The van der Waals surface area contributed by atoms with Crippen molar-refractivity contribution in [1.29, 1.82) is 0 Å². The number of rotatable bonds is 21. The molecule has 0 unspecified atom stereocenters. The molecule has 0 amide bonds. The number of carbonyl (C=O) groups excluding carboxylic acids is 1. The van der Waals surface area contributed by atoms with Gasteiger partial charge in [-0.05, 0) is 32.1 Å². The fourth-order valence-corrected chi connectivity index (χ4v) is 3.93. The van der Waals surface area contributed by atoms with Crippen molar-refractivity contribution >= 4 is 5.97 Å². The minimum Gasteiger partial charge on any atom is -0.454 e. The van der Waals surface area contributed by atoms with Gasteiger partial charge in [0.25, 0.3) is 0 Å². The smallest absolute Gasteiger partial charge is 0.306 e. The molecule has 1 aliphatic heterocycles. The first-order valence-electron chi connectivity index (χ1n) is 13.2. The summed E-state index contributed by atoms with van der Waals surface area (Å²) < 4.78 is 16.0. The summed E-state index contributed by atoms with van der Waals surface area (Å²) in [6, 6.07) is 0. The normalized spacial score (nSPS) is 18.3. The van der Waals surface area contributed by atoms with Crippen LogP contribution in [0.1, 0.15) is 96.8 Å². The number of unbranched alkanes of at least 4 members (excludes halogenated alkanes) is 11. The van der Waals surface area contributed by atoms with E-state index in [4.69, 9.17) is 19.3 Å². The van der Waals surface area contributed by atoms with Crippen molar-refractivity contribution in [2.24, 2.45) is 0 Å². The fraction of sp³-hybridized carbons (Fsp3) is 0.885. The van der Waals surface area contributed by atoms with Gasteiger partial charge in [0.15, 0.2) is 12.4 Å². The van der Waals surface area contributed by atoms with Crippen molar-refractivity contribution in [3.63, 3.8) is 0 Å². The maximum Gasteiger partial charge on any atom is 0.306 e. The van der Waals surface area contributed by atoms with Gasteiger partial charge in [0.1, 0.15) is 18.3 Å². The predicted molar refractivity (Wildman–Crippen MR) is 130 cm³/mol. The lowest BCUT2D eigenvalue weighted by Gasteiger charge is -2.31. The molecule has 8 nitrogen and oxygen atoms in total. The van der Waals surface area contributed by atoms with E-state index in [1.165, 1.54) is 44.9 Å². The second-order valence-electron chi connectivity index (χ2n) is 9.13. The van der Waals surface area contributed by atoms with Gasteiger partial charge < -0.3 is 34.6 Å². The minimum atomic E-state index is -1.70. The Balaban J connectivity index is 2.14. The average Bonchev–Trinajstić information content (AvgIpc) is 3.38. The Morgan fingerprint density at radius 2 is 1.38 bits per heavy atom. The third-order valence-electron chi connectivity index (χ3n) is 6.09. The van der Waals surface area contributed by atoms with Crippen LogP contribution in [0.15, 0.2) is 12.2 Å². The first-order chi connectivity index (χ1) is 16.5. The van der Waals surface area contributed by atoms with Crippen LogP contribution in [0, 0.1) is 0 Å². The molecule has 4 N–H and O–H groups in total. The summed E-state index contributed by atoms with van der Waals surface area (Å²) in [6.45, 7) is 2.06. The molecular weight excluding hydrogens is 440 g/mol. The van der Waals surface area contributed by atoms with E-state index in [1.807, 2.05) is 0 Å². The number of carbonyl (C=O) groups is 1. The summed E-state index contributed by atoms with van der Waals surface area (Å²) in [6.07, 6.45) is 12.7. The molecule has 34 heavy (non-hydrogen) atoms. The van der Waals surface area contributed by atoms with Crippen molar-refractivity contribution < 1.29 is 39.4 Å². The Morgan fingerprint density at radius 3 is 1.94 bits per heavy atom. The lowest BCUT2D eigenvalue weighted by molar-refractivity contribution is -0.210. The van der Waals surface area contributed by atoms with Crippen molar-refractivity contribution in [2.45, 2.75) is 128 Å². The van der Waals surface area contributed by atoms with Crippen molar-refractivity contribution in [3.05, 3.63) is 12.2 Å². The van der Waals surface area contributed by atoms with Gasteiger partial charge in [0, 0.05) is 6.42 Å². The lowest BCUT2D eigenvalue weighted by Crippen LogP contribution is -2.52. The van der Waals surface area contributed by atoms with Crippen LogP contribution in [0.4, 0.5) is 0 Å². The van der Waals surface area contributed by atoms with Crippen molar-refractivity contribution in [1.82, 2.24) is 0 Å². The minimum absolute atomic E-state index is 0.187. The molecule has 0 aromatic heterocycles. The first-order valence-corrected chi connectivity index (χ1v) is 13.2. The molecule has 1 aliphatic rings. The zero-order valence-corrected chi connectivity index (χ0v) is 21.0. The topological polar surface area (TPSA) is 126 Å². The molecule has 0 saturated carbocycles. The molecule has 1 fully saturated rings. The van der Waals surface area contributed by atoms with Gasteiger partial charge in [0.2, 0.25) is 0 Å². The number of esters is 1. The fourth-order valence-electron chi connectivity index (χ4n) is 3.93. The first kappa shape index (κ1) is 31.0.